The lowest BCUT2D eigenvalue weighted by atomic mass is 9.98. The number of nitrogens with one attached hydrogen (secondary N) is 1. The first-order chi connectivity index (χ1) is 36.3. The van der Waals surface area contributed by atoms with Crippen LogP contribution in [0.4, 0.5) is 15.9 Å². The van der Waals surface area contributed by atoms with Crippen LogP contribution < -0.4 is 19.9 Å². The third kappa shape index (κ3) is 11.7. The molecule has 2 aromatic heterocycles. The number of carbonyl (C=O) groups is 2. The van der Waals surface area contributed by atoms with Gasteiger partial charge in [0.15, 0.2) is 11.7 Å². The predicted molar refractivity (Wildman–Crippen MR) is 282 cm³/mol. The molecule has 0 aliphatic carbocycles. The molecule has 6 aromatic rings. The highest BCUT2D eigenvalue weighted by molar-refractivity contribution is 6.36. The molecule has 2 atom stereocenters. The van der Waals surface area contributed by atoms with Crippen LogP contribution in [0.25, 0.3) is 27.8 Å². The molecule has 4 aromatic carbocycles. The number of anilines is 2. The number of carbonyl (C=O) groups excluding carboxylic acids is 2. The Kier molecular flexibility index (Phi) is 16.3. The van der Waals surface area contributed by atoms with Gasteiger partial charge in [-0.2, -0.15) is 15.2 Å². The molecule has 3 aliphatic rings. The number of nitriles is 1. The standard InChI is InChI=1S/C55H61ClFN11O7/c1-34(2)42-28-43(48(70)29-47(42)69)52-62-63-55(73)68(52)38-15-13-36(14-16-38)30-59-49(71)19-27-74-26-7-22-64-21-6-10-40(64)33-75-54-60-45-32-65(46-12-5-9-37-8-4-11-44(56)50(37)46)23-18-41(45)51(61-54)66-24-25-67(53(72)35(3)57)39(31-66)17-20-58/h4-5,8-9,11-16,28-29,34,39-40,69-70H,3,6-7,10,17-19,21-27,30-33H2,1-2H3,(H,59,71)(H,63,73)/t39-,40-/m0/s1. The molecule has 5 heterocycles. The summed E-state index contributed by atoms with van der Waals surface area (Å²) >= 11 is 6.78. The molecule has 2 fully saturated rings. The largest absolute Gasteiger partial charge is 0.508 e. The lowest BCUT2D eigenvalue weighted by molar-refractivity contribution is -0.131. The SMILES string of the molecule is C=C(F)C(=O)N1CCN(c2nc(OC[C@@H]3CCCN3CCCOCCC(=O)NCc3ccc(-n4c(O)nnc4-c4cc(C(C)C)c(O)cc4O)cc3)nc3c2CCN(c2cccc4cccc(Cl)c24)C3)C[C@@H]1CC#N. The Labute approximate surface area is 439 Å². The average Bonchev–Trinajstić information content (AvgIpc) is 4.03. The van der Waals surface area contributed by atoms with Crippen LogP contribution in [0.5, 0.6) is 23.5 Å². The molecule has 0 saturated carbocycles. The number of likely N-dealkylation sites (tertiary alicyclic amines) is 1. The molecule has 392 valence electrons. The summed E-state index contributed by atoms with van der Waals surface area (Å²) in [6, 6.07) is 23.7. The van der Waals surface area contributed by atoms with Gasteiger partial charge in [0, 0.05) is 81.0 Å². The maximum absolute atomic E-state index is 14.1. The number of hydrogen-bond acceptors (Lipinski definition) is 15. The molecule has 9 rings (SSSR count). The molecule has 20 heteroatoms. The summed E-state index contributed by atoms with van der Waals surface area (Å²) in [5.41, 5.74) is 5.08. The summed E-state index contributed by atoms with van der Waals surface area (Å²) < 4.78 is 27.9. The Morgan fingerprint density at radius 1 is 0.960 bits per heavy atom. The van der Waals surface area contributed by atoms with Crippen molar-refractivity contribution in [2.24, 2.45) is 0 Å². The highest BCUT2D eigenvalue weighted by Gasteiger charge is 2.35. The Hall–Kier alpha value is -7.53. The monoisotopic (exact) mass is 1040 g/mol. The molecular weight excluding hydrogens is 981 g/mol. The maximum atomic E-state index is 14.1. The molecule has 0 unspecified atom stereocenters. The molecule has 0 spiro atoms. The van der Waals surface area contributed by atoms with E-state index in [1.54, 1.807) is 18.2 Å². The van der Waals surface area contributed by atoms with Crippen molar-refractivity contribution in [3.63, 3.8) is 0 Å². The van der Waals surface area contributed by atoms with E-state index < -0.39 is 17.8 Å². The van der Waals surface area contributed by atoms with Gasteiger partial charge in [-0.1, -0.05) is 73.5 Å². The van der Waals surface area contributed by atoms with E-state index in [1.165, 1.54) is 15.5 Å². The van der Waals surface area contributed by atoms with Crippen LogP contribution in [-0.4, -0.2) is 133 Å². The van der Waals surface area contributed by atoms with Crippen molar-refractivity contribution in [3.8, 4) is 46.7 Å². The summed E-state index contributed by atoms with van der Waals surface area (Å²) in [6.45, 7) is 12.2. The van der Waals surface area contributed by atoms with Crippen molar-refractivity contribution in [1.82, 2.24) is 39.8 Å². The first kappa shape index (κ1) is 52.3. The minimum atomic E-state index is -1.05. The lowest BCUT2D eigenvalue weighted by Crippen LogP contribution is -2.55. The van der Waals surface area contributed by atoms with Crippen LogP contribution in [0.1, 0.15) is 74.3 Å². The van der Waals surface area contributed by atoms with E-state index in [0.29, 0.717) is 66.9 Å². The summed E-state index contributed by atoms with van der Waals surface area (Å²) in [5.74, 6) is -1.38. The van der Waals surface area contributed by atoms with Crippen LogP contribution in [0.2, 0.25) is 5.02 Å². The quantitative estimate of drug-likeness (QED) is 0.0451. The predicted octanol–water partition coefficient (Wildman–Crippen LogP) is 7.70. The van der Waals surface area contributed by atoms with E-state index in [2.05, 4.69) is 48.9 Å². The van der Waals surface area contributed by atoms with Crippen LogP contribution in [0.15, 0.2) is 85.2 Å². The van der Waals surface area contributed by atoms with Crippen molar-refractivity contribution in [3.05, 3.63) is 113 Å². The Balaban J connectivity index is 0.773. The van der Waals surface area contributed by atoms with Crippen LogP contribution >= 0.6 is 11.6 Å². The summed E-state index contributed by atoms with van der Waals surface area (Å²) in [5, 5.41) is 54.8. The Morgan fingerprint density at radius 2 is 1.76 bits per heavy atom. The lowest BCUT2D eigenvalue weighted by Gasteiger charge is -2.42. The second kappa shape index (κ2) is 23.3. The average molecular weight is 1040 g/mol. The second-order valence-corrected chi connectivity index (χ2v) is 19.9. The van der Waals surface area contributed by atoms with Gasteiger partial charge in [-0.05, 0) is 85.0 Å². The van der Waals surface area contributed by atoms with Crippen LogP contribution in [0.3, 0.4) is 0 Å². The molecule has 2 amide bonds. The second-order valence-electron chi connectivity index (χ2n) is 19.5. The minimum absolute atomic E-state index is 0.0261. The third-order valence-corrected chi connectivity index (χ3v) is 14.6. The highest BCUT2D eigenvalue weighted by atomic mass is 35.5. The molecule has 18 nitrogen and oxygen atoms in total. The summed E-state index contributed by atoms with van der Waals surface area (Å²) in [7, 11) is 0. The normalized spacial score (nSPS) is 16.8. The molecule has 4 N–H and O–H groups in total. The topological polar surface area (TPSA) is 219 Å². The van der Waals surface area contributed by atoms with Crippen molar-refractivity contribution in [2.45, 2.75) is 83.5 Å². The first-order valence-electron chi connectivity index (χ1n) is 25.4. The number of phenols is 2. The minimum Gasteiger partial charge on any atom is -0.508 e. The van der Waals surface area contributed by atoms with E-state index in [9.17, 15) is 34.6 Å². The number of benzene rings is 4. The van der Waals surface area contributed by atoms with Crippen molar-refractivity contribution in [2.75, 3.05) is 68.9 Å². The van der Waals surface area contributed by atoms with Gasteiger partial charge in [0.1, 0.15) is 23.9 Å². The fourth-order valence-corrected chi connectivity index (χ4v) is 10.7. The fraction of sp³-hybridized carbons (Fsp3) is 0.400. The fourth-order valence-electron chi connectivity index (χ4n) is 10.4. The van der Waals surface area contributed by atoms with E-state index >= 15 is 0 Å². The van der Waals surface area contributed by atoms with Gasteiger partial charge in [0.2, 0.25) is 5.91 Å². The van der Waals surface area contributed by atoms with Gasteiger partial charge in [-0.25, -0.2) is 8.96 Å². The highest BCUT2D eigenvalue weighted by Crippen LogP contribution is 2.40. The summed E-state index contributed by atoms with van der Waals surface area (Å²) in [6.07, 6.45) is 3.57. The number of aromatic hydroxyl groups is 3. The zero-order valence-electron chi connectivity index (χ0n) is 42.1. The van der Waals surface area contributed by atoms with E-state index in [1.807, 2.05) is 56.3 Å². The molecule has 0 radical (unpaired) electrons. The van der Waals surface area contributed by atoms with E-state index in [0.717, 1.165) is 65.6 Å². The van der Waals surface area contributed by atoms with Crippen molar-refractivity contribution < 1.29 is 38.8 Å². The van der Waals surface area contributed by atoms with Crippen LogP contribution in [-0.2, 0) is 33.8 Å². The first-order valence-corrected chi connectivity index (χ1v) is 25.8. The number of halogens is 2. The number of ether oxygens (including phenoxy) is 2. The molecular formula is C55H61ClFN11O7. The molecule has 75 heavy (non-hydrogen) atoms. The smallest absolute Gasteiger partial charge is 0.319 e. The van der Waals surface area contributed by atoms with Crippen molar-refractivity contribution in [1.29, 1.82) is 5.26 Å². The molecule has 2 saturated heterocycles. The number of fused-ring (bicyclic) bond motifs is 2. The third-order valence-electron chi connectivity index (χ3n) is 14.2. The van der Waals surface area contributed by atoms with E-state index in [-0.39, 0.29) is 86.3 Å². The summed E-state index contributed by atoms with van der Waals surface area (Å²) in [4.78, 5) is 43.7. The Bertz CT molecular complexity index is 3110. The number of piperazine rings is 1. The number of nitrogens with zero attached hydrogens (tertiary/aromatic N) is 10. The van der Waals surface area contributed by atoms with Gasteiger partial charge >= 0.3 is 12.0 Å². The van der Waals surface area contributed by atoms with Gasteiger partial charge in [-0.3, -0.25) is 14.5 Å². The Morgan fingerprint density at radius 3 is 2.53 bits per heavy atom. The number of aromatic nitrogens is 5. The maximum Gasteiger partial charge on any atom is 0.319 e. The van der Waals surface area contributed by atoms with Gasteiger partial charge < -0.3 is 44.8 Å². The van der Waals surface area contributed by atoms with Gasteiger partial charge in [-0.15, -0.1) is 5.10 Å². The number of amides is 2. The van der Waals surface area contributed by atoms with Crippen LogP contribution in [0, 0.1) is 11.3 Å². The number of hydrogen-bond donors (Lipinski definition) is 4. The van der Waals surface area contributed by atoms with Crippen molar-refractivity contribution >= 4 is 45.7 Å². The number of rotatable bonds is 19. The van der Waals surface area contributed by atoms with Gasteiger partial charge in [0.05, 0.1) is 53.7 Å². The zero-order chi connectivity index (χ0) is 52.8. The zero-order valence-corrected chi connectivity index (χ0v) is 42.8. The number of phenolic OH excluding ortho intramolecular Hbond substituents is 2. The molecule has 0 bridgehead atoms. The van der Waals surface area contributed by atoms with Gasteiger partial charge in [0.25, 0.3) is 5.91 Å². The van der Waals surface area contributed by atoms with E-state index in [4.69, 9.17) is 31.0 Å². The molecule has 3 aliphatic heterocycles.